The highest BCUT2D eigenvalue weighted by atomic mass is 16.2. The first-order valence-electron chi connectivity index (χ1n) is 3.61. The van der Waals surface area contributed by atoms with Gasteiger partial charge in [0, 0.05) is 12.6 Å². The number of likely N-dealkylation sites (N-methyl/N-ethyl adjacent to an activating group) is 1. The van der Waals surface area contributed by atoms with Crippen molar-refractivity contribution in [3.8, 4) is 0 Å². The number of carbonyl (C=O) groups excluding carboxylic acids is 2. The summed E-state index contributed by atoms with van der Waals surface area (Å²) >= 11 is 0. The number of carbonyl (C=O) groups is 2. The molecule has 0 rings (SSSR count). The zero-order valence-corrected chi connectivity index (χ0v) is 7.63. The minimum absolute atomic E-state index is 0.328. The van der Waals surface area contributed by atoms with Crippen LogP contribution >= 0.6 is 0 Å². The van der Waals surface area contributed by atoms with Gasteiger partial charge in [-0.3, -0.25) is 14.5 Å². The summed E-state index contributed by atoms with van der Waals surface area (Å²) in [7, 11) is 1.43. The van der Waals surface area contributed by atoms with Crippen LogP contribution in [-0.2, 0) is 9.59 Å². The van der Waals surface area contributed by atoms with E-state index in [4.69, 9.17) is 0 Å². The van der Waals surface area contributed by atoms with Gasteiger partial charge in [0.1, 0.15) is 0 Å². The zero-order chi connectivity index (χ0) is 9.72. The highest BCUT2D eigenvalue weighted by Crippen LogP contribution is 1.96. The number of hydrogen-bond donors (Lipinski definition) is 0. The Hall–Kier alpha value is -1.38. The van der Waals surface area contributed by atoms with Crippen molar-refractivity contribution >= 4 is 11.8 Å². The van der Waals surface area contributed by atoms with Crippen LogP contribution < -0.4 is 0 Å². The fourth-order valence-corrected chi connectivity index (χ4v) is 0.641. The van der Waals surface area contributed by atoms with Crippen molar-refractivity contribution in [2.45, 2.75) is 13.8 Å². The molecule has 0 spiro atoms. The number of nitrogens with zero attached hydrogens (tertiary/aromatic N) is 1. The summed E-state index contributed by atoms with van der Waals surface area (Å²) < 4.78 is 0. The van der Waals surface area contributed by atoms with E-state index in [1.165, 1.54) is 13.1 Å². The zero-order valence-electron chi connectivity index (χ0n) is 7.63. The maximum absolute atomic E-state index is 11.1. The quantitative estimate of drug-likeness (QED) is 0.578. The summed E-state index contributed by atoms with van der Waals surface area (Å²) in [6.07, 6.45) is 2.92. The summed E-state index contributed by atoms with van der Waals surface area (Å²) in [5, 5.41) is 0. The predicted octanol–water partition coefficient (Wildman–Crippen LogP) is 1.12. The molecule has 0 saturated heterocycles. The summed E-state index contributed by atoms with van der Waals surface area (Å²) in [5.74, 6) is -0.677. The van der Waals surface area contributed by atoms with Gasteiger partial charge >= 0.3 is 0 Å². The summed E-state index contributed by atoms with van der Waals surface area (Å²) in [6.45, 7) is 6.74. The molecule has 0 fully saturated rings. The van der Waals surface area contributed by atoms with Gasteiger partial charge in [-0.15, -0.1) is 0 Å². The Morgan fingerprint density at radius 2 is 1.92 bits per heavy atom. The number of amides is 2. The van der Waals surface area contributed by atoms with Gasteiger partial charge in [0.2, 0.25) is 0 Å². The molecule has 66 valence electrons. The first-order valence-corrected chi connectivity index (χ1v) is 3.61. The van der Waals surface area contributed by atoms with Crippen LogP contribution in [0.2, 0.25) is 0 Å². The van der Waals surface area contributed by atoms with Gasteiger partial charge in [-0.05, 0) is 19.9 Å². The van der Waals surface area contributed by atoms with Crippen LogP contribution in [0.4, 0.5) is 0 Å². The van der Waals surface area contributed by atoms with Gasteiger partial charge in [0.15, 0.2) is 0 Å². The highest BCUT2D eigenvalue weighted by Gasteiger charge is 2.13. The smallest absolute Gasteiger partial charge is 0.255 e. The van der Waals surface area contributed by atoms with Crippen LogP contribution in [0.1, 0.15) is 13.8 Å². The molecule has 0 aliphatic heterocycles. The summed E-state index contributed by atoms with van der Waals surface area (Å²) in [6, 6.07) is 0. The molecule has 2 amide bonds. The molecule has 0 aliphatic rings. The van der Waals surface area contributed by atoms with Crippen LogP contribution in [0.5, 0.6) is 0 Å². The lowest BCUT2D eigenvalue weighted by molar-refractivity contribution is -0.137. The Kier molecular flexibility index (Phi) is 3.97. The van der Waals surface area contributed by atoms with E-state index in [1.54, 1.807) is 19.9 Å². The molecule has 0 aromatic rings. The topological polar surface area (TPSA) is 37.4 Å². The molecule has 0 atom stereocenters. The van der Waals surface area contributed by atoms with E-state index in [9.17, 15) is 9.59 Å². The summed E-state index contributed by atoms with van der Waals surface area (Å²) in [5.41, 5.74) is 0.357. The first-order chi connectivity index (χ1) is 5.50. The lowest BCUT2D eigenvalue weighted by Gasteiger charge is -2.12. The monoisotopic (exact) mass is 167 g/mol. The average molecular weight is 167 g/mol. The second-order valence-corrected chi connectivity index (χ2v) is 2.48. The molecular weight excluding hydrogens is 154 g/mol. The minimum atomic E-state index is -0.349. The van der Waals surface area contributed by atoms with Crippen molar-refractivity contribution in [2.24, 2.45) is 0 Å². The molecule has 0 bridgehead atoms. The lowest BCUT2D eigenvalue weighted by Crippen LogP contribution is -2.31. The van der Waals surface area contributed by atoms with Crippen LogP contribution in [0.25, 0.3) is 0 Å². The van der Waals surface area contributed by atoms with Crippen molar-refractivity contribution in [1.82, 2.24) is 4.90 Å². The Morgan fingerprint density at radius 3 is 2.25 bits per heavy atom. The van der Waals surface area contributed by atoms with E-state index >= 15 is 0 Å². The molecule has 0 aromatic heterocycles. The summed E-state index contributed by atoms with van der Waals surface area (Å²) in [4.78, 5) is 23.2. The molecule has 3 heteroatoms. The molecule has 0 aliphatic carbocycles. The first kappa shape index (κ1) is 10.6. The molecular formula is C9H13NO2. The van der Waals surface area contributed by atoms with E-state index in [-0.39, 0.29) is 11.8 Å². The Balaban J connectivity index is 4.39. The molecule has 0 radical (unpaired) electrons. The number of rotatable bonds is 2. The third kappa shape index (κ3) is 2.70. The highest BCUT2D eigenvalue weighted by molar-refractivity contribution is 6.06. The third-order valence-electron chi connectivity index (χ3n) is 1.31. The normalized spacial score (nSPS) is 9.92. The maximum atomic E-state index is 11.1. The number of allylic oxidation sites excluding steroid dienone is 1. The molecule has 0 N–H and O–H groups in total. The molecule has 12 heavy (non-hydrogen) atoms. The van der Waals surface area contributed by atoms with Crippen molar-refractivity contribution in [3.63, 3.8) is 0 Å². The van der Waals surface area contributed by atoms with E-state index < -0.39 is 0 Å². The van der Waals surface area contributed by atoms with Crippen LogP contribution in [0.15, 0.2) is 24.3 Å². The van der Waals surface area contributed by atoms with Crippen molar-refractivity contribution in [3.05, 3.63) is 24.3 Å². The van der Waals surface area contributed by atoms with Crippen molar-refractivity contribution in [2.75, 3.05) is 7.05 Å². The molecule has 0 saturated carbocycles. The minimum Gasteiger partial charge on any atom is -0.278 e. The fraction of sp³-hybridized carbons (Fsp3) is 0.333. The lowest BCUT2D eigenvalue weighted by atomic mass is 10.3. The van der Waals surface area contributed by atoms with Gasteiger partial charge in [0.25, 0.3) is 11.8 Å². The average Bonchev–Trinajstić information content (AvgIpc) is 2.02. The Bertz CT molecular complexity index is 241. The second kappa shape index (κ2) is 4.49. The van der Waals surface area contributed by atoms with Gasteiger partial charge < -0.3 is 0 Å². The molecule has 0 unspecified atom stereocenters. The molecule has 3 nitrogen and oxygen atoms in total. The van der Waals surface area contributed by atoms with Crippen LogP contribution in [0.3, 0.4) is 0 Å². The maximum Gasteiger partial charge on any atom is 0.255 e. The van der Waals surface area contributed by atoms with Crippen LogP contribution in [-0.4, -0.2) is 23.8 Å². The SMILES string of the molecule is C=C(C)C(=O)N(C)C(=O)/C=C/C. The van der Waals surface area contributed by atoms with E-state index in [1.807, 2.05) is 0 Å². The van der Waals surface area contributed by atoms with Crippen LogP contribution in [0, 0.1) is 0 Å². The standard InChI is InChI=1S/C9H13NO2/c1-5-6-8(11)10(4)9(12)7(2)3/h5-6H,2H2,1,3-4H3/b6-5+. The molecule has 0 heterocycles. The second-order valence-electron chi connectivity index (χ2n) is 2.48. The predicted molar refractivity (Wildman–Crippen MR) is 47.4 cm³/mol. The van der Waals surface area contributed by atoms with Crippen molar-refractivity contribution in [1.29, 1.82) is 0 Å². The Labute approximate surface area is 72.4 Å². The van der Waals surface area contributed by atoms with Gasteiger partial charge in [-0.2, -0.15) is 0 Å². The fourth-order valence-electron chi connectivity index (χ4n) is 0.641. The molecule has 0 aromatic carbocycles. The van der Waals surface area contributed by atoms with Gasteiger partial charge in [-0.25, -0.2) is 0 Å². The largest absolute Gasteiger partial charge is 0.278 e. The number of imide groups is 1. The van der Waals surface area contributed by atoms with E-state index in [2.05, 4.69) is 6.58 Å². The van der Waals surface area contributed by atoms with Gasteiger partial charge in [-0.1, -0.05) is 12.7 Å². The van der Waals surface area contributed by atoms with E-state index in [0.29, 0.717) is 5.57 Å². The third-order valence-corrected chi connectivity index (χ3v) is 1.31. The number of hydrogen-bond acceptors (Lipinski definition) is 2. The Morgan fingerprint density at radius 1 is 1.42 bits per heavy atom. The van der Waals surface area contributed by atoms with Gasteiger partial charge in [0.05, 0.1) is 0 Å². The van der Waals surface area contributed by atoms with E-state index in [0.717, 1.165) is 4.90 Å². The van der Waals surface area contributed by atoms with Crippen molar-refractivity contribution < 1.29 is 9.59 Å².